The van der Waals surface area contributed by atoms with Gasteiger partial charge in [-0.1, -0.05) is 45.2 Å². The van der Waals surface area contributed by atoms with Gasteiger partial charge in [0.2, 0.25) is 5.91 Å². The molecule has 1 atom stereocenters. The molecule has 27 heavy (non-hydrogen) atoms. The second-order valence-electron chi connectivity index (χ2n) is 6.13. The first-order chi connectivity index (χ1) is 12.7. The summed E-state index contributed by atoms with van der Waals surface area (Å²) in [7, 11) is 0. The predicted octanol–water partition coefficient (Wildman–Crippen LogP) is 4.16. The van der Waals surface area contributed by atoms with Gasteiger partial charge in [-0.05, 0) is 48.9 Å². The molecule has 9 heteroatoms. The number of urea groups is 1. The van der Waals surface area contributed by atoms with E-state index in [0.29, 0.717) is 16.3 Å². The van der Waals surface area contributed by atoms with Crippen molar-refractivity contribution in [1.82, 2.24) is 10.2 Å². The van der Waals surface area contributed by atoms with Crippen LogP contribution in [0.4, 0.5) is 10.5 Å². The smallest absolute Gasteiger partial charge is 0.325 e. The maximum atomic E-state index is 12.8. The molecular formula is C18H14BrCl2N3O3. The van der Waals surface area contributed by atoms with Crippen LogP contribution >= 0.6 is 39.1 Å². The van der Waals surface area contributed by atoms with Crippen molar-refractivity contribution in [2.24, 2.45) is 0 Å². The Morgan fingerprint density at radius 1 is 1.15 bits per heavy atom. The lowest BCUT2D eigenvalue weighted by molar-refractivity contribution is -0.133. The quantitative estimate of drug-likeness (QED) is 0.658. The van der Waals surface area contributed by atoms with Gasteiger partial charge in [0.25, 0.3) is 5.91 Å². The van der Waals surface area contributed by atoms with Crippen molar-refractivity contribution < 1.29 is 14.4 Å². The van der Waals surface area contributed by atoms with Crippen LogP contribution in [0.3, 0.4) is 0 Å². The van der Waals surface area contributed by atoms with Crippen molar-refractivity contribution in [3.8, 4) is 0 Å². The van der Waals surface area contributed by atoms with Gasteiger partial charge in [0.1, 0.15) is 12.1 Å². The zero-order valence-electron chi connectivity index (χ0n) is 14.1. The summed E-state index contributed by atoms with van der Waals surface area (Å²) in [4.78, 5) is 38.3. The molecule has 4 amide bonds. The Morgan fingerprint density at radius 3 is 2.44 bits per heavy atom. The summed E-state index contributed by atoms with van der Waals surface area (Å²) in [5.41, 5.74) is -0.294. The van der Waals surface area contributed by atoms with Crippen LogP contribution in [0, 0.1) is 0 Å². The summed E-state index contributed by atoms with van der Waals surface area (Å²) in [6.45, 7) is 1.15. The maximum Gasteiger partial charge on any atom is 0.325 e. The molecule has 3 rings (SSSR count). The fourth-order valence-corrected chi connectivity index (χ4v) is 3.28. The minimum Gasteiger partial charge on any atom is -0.325 e. The number of anilines is 1. The molecule has 1 unspecified atom stereocenters. The molecule has 0 saturated carbocycles. The number of imide groups is 1. The number of carbonyl (C=O) groups excluding carboxylic acids is 3. The number of halogens is 3. The third-order valence-electron chi connectivity index (χ3n) is 4.20. The molecule has 0 spiro atoms. The van der Waals surface area contributed by atoms with Gasteiger partial charge in [0, 0.05) is 10.2 Å². The summed E-state index contributed by atoms with van der Waals surface area (Å²) in [6.07, 6.45) is 0. The highest BCUT2D eigenvalue weighted by Crippen LogP contribution is 2.33. The zero-order valence-corrected chi connectivity index (χ0v) is 17.2. The fourth-order valence-electron chi connectivity index (χ4n) is 2.72. The number of benzene rings is 2. The van der Waals surface area contributed by atoms with Crippen molar-refractivity contribution in [3.63, 3.8) is 0 Å². The molecule has 2 aromatic carbocycles. The number of hydrogen-bond donors (Lipinski definition) is 2. The SMILES string of the molecule is CC1(c2ccc(Cl)c(Cl)c2)NC(=O)N(CC(=O)Nc2ccc(Br)cc2)C1=O. The summed E-state index contributed by atoms with van der Waals surface area (Å²) in [5.74, 6) is -1.03. The molecule has 0 aliphatic carbocycles. The van der Waals surface area contributed by atoms with Crippen LogP contribution in [0.2, 0.25) is 10.0 Å². The van der Waals surface area contributed by atoms with Gasteiger partial charge in [-0.15, -0.1) is 0 Å². The minimum atomic E-state index is -1.33. The normalized spacial score (nSPS) is 19.2. The van der Waals surface area contributed by atoms with Crippen molar-refractivity contribution in [2.75, 3.05) is 11.9 Å². The fraction of sp³-hybridized carbons (Fsp3) is 0.167. The maximum absolute atomic E-state index is 12.8. The summed E-state index contributed by atoms with van der Waals surface area (Å²) < 4.78 is 0.868. The minimum absolute atomic E-state index is 0.267. The molecule has 1 heterocycles. The van der Waals surface area contributed by atoms with Crippen molar-refractivity contribution in [3.05, 3.63) is 62.5 Å². The molecular weight excluding hydrogens is 457 g/mol. The van der Waals surface area contributed by atoms with Crippen LogP contribution in [0.15, 0.2) is 46.9 Å². The third-order valence-corrected chi connectivity index (χ3v) is 5.47. The predicted molar refractivity (Wildman–Crippen MR) is 107 cm³/mol. The number of nitrogens with zero attached hydrogens (tertiary/aromatic N) is 1. The van der Waals surface area contributed by atoms with Crippen LogP contribution in [0.5, 0.6) is 0 Å². The van der Waals surface area contributed by atoms with Gasteiger partial charge in [-0.25, -0.2) is 4.79 Å². The van der Waals surface area contributed by atoms with Gasteiger partial charge >= 0.3 is 6.03 Å². The van der Waals surface area contributed by atoms with Crippen LogP contribution in [0.1, 0.15) is 12.5 Å². The van der Waals surface area contributed by atoms with Gasteiger partial charge in [0.15, 0.2) is 0 Å². The molecule has 1 fully saturated rings. The Labute approximate surface area is 173 Å². The van der Waals surface area contributed by atoms with Crippen LogP contribution < -0.4 is 10.6 Å². The van der Waals surface area contributed by atoms with Gasteiger partial charge in [-0.2, -0.15) is 0 Å². The van der Waals surface area contributed by atoms with E-state index in [1.807, 2.05) is 0 Å². The monoisotopic (exact) mass is 469 g/mol. The molecule has 2 N–H and O–H groups in total. The van der Waals surface area contributed by atoms with E-state index in [4.69, 9.17) is 23.2 Å². The highest BCUT2D eigenvalue weighted by atomic mass is 79.9. The third kappa shape index (κ3) is 3.95. The first-order valence-corrected chi connectivity index (χ1v) is 9.40. The number of carbonyl (C=O) groups is 3. The van der Waals surface area contributed by atoms with Crippen molar-refractivity contribution >= 4 is 62.7 Å². The topological polar surface area (TPSA) is 78.5 Å². The molecule has 1 aliphatic heterocycles. The van der Waals surface area contributed by atoms with Gasteiger partial charge in [-0.3, -0.25) is 14.5 Å². The molecule has 0 bridgehead atoms. The zero-order chi connectivity index (χ0) is 19.8. The molecule has 2 aromatic rings. The summed E-state index contributed by atoms with van der Waals surface area (Å²) in [5, 5.41) is 5.87. The largest absolute Gasteiger partial charge is 0.325 e. The van der Waals surface area contributed by atoms with Gasteiger partial charge < -0.3 is 10.6 Å². The van der Waals surface area contributed by atoms with Crippen molar-refractivity contribution in [2.45, 2.75) is 12.5 Å². The highest BCUT2D eigenvalue weighted by Gasteiger charge is 2.49. The Kier molecular flexibility index (Phi) is 5.46. The van der Waals surface area contributed by atoms with E-state index in [0.717, 1.165) is 9.37 Å². The standard InChI is InChI=1S/C18H14BrCl2N3O3/c1-18(10-2-7-13(20)14(21)8-10)16(26)24(17(27)23-18)9-15(25)22-12-5-3-11(19)4-6-12/h2-8H,9H2,1H3,(H,22,25)(H,23,27). The van der Waals surface area contributed by atoms with E-state index in [1.165, 1.54) is 6.07 Å². The van der Waals surface area contributed by atoms with E-state index < -0.39 is 29.9 Å². The number of hydrogen-bond acceptors (Lipinski definition) is 3. The van der Waals surface area contributed by atoms with Crippen molar-refractivity contribution in [1.29, 1.82) is 0 Å². The van der Waals surface area contributed by atoms with E-state index in [1.54, 1.807) is 43.3 Å². The van der Waals surface area contributed by atoms with Crippen LogP contribution in [0.25, 0.3) is 0 Å². The van der Waals surface area contributed by atoms with Gasteiger partial charge in [0.05, 0.1) is 10.0 Å². The highest BCUT2D eigenvalue weighted by molar-refractivity contribution is 9.10. The van der Waals surface area contributed by atoms with E-state index in [2.05, 4.69) is 26.6 Å². The average Bonchev–Trinajstić information content (AvgIpc) is 2.83. The summed E-state index contributed by atoms with van der Waals surface area (Å²) in [6, 6.07) is 11.0. The first kappa shape index (κ1) is 19.7. The second kappa shape index (κ2) is 7.50. The molecule has 140 valence electrons. The number of rotatable bonds is 4. The average molecular weight is 471 g/mol. The van der Waals surface area contributed by atoms with E-state index >= 15 is 0 Å². The lowest BCUT2D eigenvalue weighted by Gasteiger charge is -2.22. The lowest BCUT2D eigenvalue weighted by Crippen LogP contribution is -2.42. The van der Waals surface area contributed by atoms with Crippen LogP contribution in [-0.2, 0) is 15.1 Å². The number of amides is 4. The molecule has 0 radical (unpaired) electrons. The molecule has 1 aliphatic rings. The Hall–Kier alpha value is -2.09. The first-order valence-electron chi connectivity index (χ1n) is 7.86. The second-order valence-corrected chi connectivity index (χ2v) is 7.86. The Balaban J connectivity index is 1.76. The molecule has 6 nitrogen and oxygen atoms in total. The van der Waals surface area contributed by atoms with E-state index in [9.17, 15) is 14.4 Å². The lowest BCUT2D eigenvalue weighted by atomic mass is 9.92. The number of nitrogens with one attached hydrogen (secondary N) is 2. The molecule has 1 saturated heterocycles. The Bertz CT molecular complexity index is 936. The van der Waals surface area contributed by atoms with E-state index in [-0.39, 0.29) is 5.02 Å². The Morgan fingerprint density at radius 2 is 1.81 bits per heavy atom. The molecule has 0 aromatic heterocycles. The summed E-state index contributed by atoms with van der Waals surface area (Å²) >= 11 is 15.2. The van der Waals surface area contributed by atoms with Crippen LogP contribution in [-0.4, -0.2) is 29.3 Å².